The summed E-state index contributed by atoms with van der Waals surface area (Å²) in [6, 6.07) is 0. The van der Waals surface area contributed by atoms with Crippen molar-refractivity contribution in [2.45, 2.75) is 25.2 Å². The van der Waals surface area contributed by atoms with Gasteiger partial charge in [0.15, 0.2) is 0 Å². The Morgan fingerprint density at radius 3 is 2.56 bits per heavy atom. The van der Waals surface area contributed by atoms with E-state index in [4.69, 9.17) is 4.74 Å². The number of hydrogen-bond donors (Lipinski definition) is 2. The van der Waals surface area contributed by atoms with E-state index < -0.39 is 6.23 Å². The number of ether oxygens (including phenoxy) is 1. The van der Waals surface area contributed by atoms with Crippen LogP contribution >= 0.6 is 0 Å². The van der Waals surface area contributed by atoms with Crippen LogP contribution in [0.5, 0.6) is 0 Å². The number of piperazine rings is 1. The first-order chi connectivity index (χ1) is 7.65. The Kier molecular flexibility index (Phi) is 3.73. The maximum atomic E-state index is 10.6. The van der Waals surface area contributed by atoms with Crippen molar-refractivity contribution in [3.8, 4) is 0 Å². The summed E-state index contributed by atoms with van der Waals surface area (Å²) in [6.07, 6.45) is 0.778. The normalized spacial score (nSPS) is 39.8. The minimum atomic E-state index is -0.748. The Bertz CT molecular complexity index is 254. The van der Waals surface area contributed by atoms with Crippen LogP contribution in [0.3, 0.4) is 0 Å². The molecule has 2 atom stereocenters. The van der Waals surface area contributed by atoms with Gasteiger partial charge in [-0.2, -0.15) is 0 Å². The highest BCUT2D eigenvalue weighted by Gasteiger charge is 2.36. The van der Waals surface area contributed by atoms with Crippen LogP contribution in [0.4, 0.5) is 0 Å². The summed E-state index contributed by atoms with van der Waals surface area (Å²) in [4.78, 5) is 13.4. The second kappa shape index (κ2) is 5.07. The number of nitro groups is 1. The minimum Gasteiger partial charge on any atom is -0.328 e. The Labute approximate surface area is 95.3 Å². The Morgan fingerprint density at radius 2 is 2.00 bits per heavy atom. The molecule has 6 nitrogen and oxygen atoms in total. The second-order valence-electron chi connectivity index (χ2n) is 4.99. The van der Waals surface area contributed by atoms with Crippen molar-refractivity contribution in [2.75, 3.05) is 39.8 Å². The summed E-state index contributed by atoms with van der Waals surface area (Å²) in [7, 11) is 2.21. The van der Waals surface area contributed by atoms with Crippen molar-refractivity contribution in [1.29, 1.82) is 0 Å². The van der Waals surface area contributed by atoms with Crippen molar-refractivity contribution >= 4 is 0 Å². The van der Waals surface area contributed by atoms with Gasteiger partial charge < -0.3 is 14.5 Å². The monoisotopic (exact) mass is 231 g/mol. The fourth-order valence-electron chi connectivity index (χ4n) is 2.55. The molecule has 0 aliphatic carbocycles. The molecular weight excluding hydrogens is 210 g/mol. The molecule has 0 radical (unpaired) electrons. The average molecular weight is 231 g/mol. The molecule has 16 heavy (non-hydrogen) atoms. The van der Waals surface area contributed by atoms with Gasteiger partial charge in [0, 0.05) is 6.42 Å². The molecule has 2 rings (SSSR count). The standard InChI is InChI=1S/C10H19N3O3/c1-11-4-6-12(7-5-11)8-9-2-3-10(16-9)13(14)15/h9-10H,2-8H2,1H3/p+2/t9-,10-/m1/s1. The smallest absolute Gasteiger partial charge is 0.315 e. The average Bonchev–Trinajstić information content (AvgIpc) is 2.70. The lowest BCUT2D eigenvalue weighted by atomic mass is 10.2. The molecule has 0 bridgehead atoms. The summed E-state index contributed by atoms with van der Waals surface area (Å²) < 4.78 is 5.43. The van der Waals surface area contributed by atoms with Crippen LogP contribution in [0, 0.1) is 10.1 Å². The van der Waals surface area contributed by atoms with Crippen LogP contribution in [0.25, 0.3) is 0 Å². The summed E-state index contributed by atoms with van der Waals surface area (Å²) in [6.45, 7) is 5.66. The summed E-state index contributed by atoms with van der Waals surface area (Å²) in [5, 5.41) is 10.6. The third-order valence-electron chi connectivity index (χ3n) is 3.65. The van der Waals surface area contributed by atoms with Crippen molar-refractivity contribution < 1.29 is 19.5 Å². The molecule has 0 amide bonds. The van der Waals surface area contributed by atoms with E-state index in [-0.39, 0.29) is 11.0 Å². The quantitative estimate of drug-likeness (QED) is 0.407. The van der Waals surface area contributed by atoms with Crippen molar-refractivity contribution in [3.63, 3.8) is 0 Å². The van der Waals surface area contributed by atoms with E-state index in [1.807, 2.05) is 0 Å². The molecule has 2 aliphatic heterocycles. The Hall–Kier alpha value is -0.720. The van der Waals surface area contributed by atoms with Crippen LogP contribution < -0.4 is 9.80 Å². The van der Waals surface area contributed by atoms with E-state index in [2.05, 4.69) is 7.05 Å². The van der Waals surface area contributed by atoms with Crippen LogP contribution in [-0.2, 0) is 4.74 Å². The van der Waals surface area contributed by atoms with Crippen molar-refractivity contribution in [2.24, 2.45) is 0 Å². The largest absolute Gasteiger partial charge is 0.328 e. The molecule has 2 fully saturated rings. The van der Waals surface area contributed by atoms with Gasteiger partial charge in [-0.3, -0.25) is 10.1 Å². The van der Waals surface area contributed by atoms with Gasteiger partial charge in [0.25, 0.3) is 0 Å². The first kappa shape index (κ1) is 11.8. The van der Waals surface area contributed by atoms with Crippen LogP contribution in [0.15, 0.2) is 0 Å². The highest BCUT2D eigenvalue weighted by molar-refractivity contribution is 4.66. The van der Waals surface area contributed by atoms with Crippen molar-refractivity contribution in [3.05, 3.63) is 10.1 Å². The van der Waals surface area contributed by atoms with Gasteiger partial charge in [-0.15, -0.1) is 0 Å². The lowest BCUT2D eigenvalue weighted by molar-refractivity contribution is -1.00. The first-order valence-corrected chi connectivity index (χ1v) is 6.09. The predicted octanol–water partition coefficient (Wildman–Crippen LogP) is -2.82. The van der Waals surface area contributed by atoms with Crippen LogP contribution in [0.2, 0.25) is 0 Å². The lowest BCUT2D eigenvalue weighted by Crippen LogP contribution is -3.27. The van der Waals surface area contributed by atoms with Gasteiger partial charge >= 0.3 is 6.23 Å². The number of likely N-dealkylation sites (N-methyl/N-ethyl adjacent to an activating group) is 1. The molecule has 0 unspecified atom stereocenters. The zero-order chi connectivity index (χ0) is 11.5. The van der Waals surface area contributed by atoms with Gasteiger partial charge in [0.1, 0.15) is 38.8 Å². The summed E-state index contributed by atoms with van der Waals surface area (Å²) in [5.74, 6) is 0. The van der Waals surface area contributed by atoms with E-state index in [9.17, 15) is 10.1 Å². The zero-order valence-electron chi connectivity index (χ0n) is 9.78. The number of nitrogens with one attached hydrogen (secondary N) is 2. The molecular formula is C10H21N3O3+2. The van der Waals surface area contributed by atoms with Gasteiger partial charge in [0.05, 0.1) is 12.0 Å². The van der Waals surface area contributed by atoms with E-state index >= 15 is 0 Å². The fraction of sp³-hybridized carbons (Fsp3) is 1.00. The SMILES string of the molecule is C[NH+]1CC[NH+](C[C@H]2CC[C@H]([N+](=O)[O-])O2)CC1. The highest BCUT2D eigenvalue weighted by Crippen LogP contribution is 2.18. The van der Waals surface area contributed by atoms with Gasteiger partial charge in [-0.1, -0.05) is 0 Å². The summed E-state index contributed by atoms with van der Waals surface area (Å²) in [5.41, 5.74) is 0. The molecule has 92 valence electrons. The summed E-state index contributed by atoms with van der Waals surface area (Å²) >= 11 is 0. The molecule has 6 heteroatoms. The van der Waals surface area contributed by atoms with Crippen LogP contribution in [0.1, 0.15) is 12.8 Å². The molecule has 2 aliphatic rings. The number of quaternary nitrogens is 2. The predicted molar refractivity (Wildman–Crippen MR) is 57.1 cm³/mol. The molecule has 0 aromatic rings. The van der Waals surface area contributed by atoms with Gasteiger partial charge in [-0.05, 0) is 6.42 Å². The fourth-order valence-corrected chi connectivity index (χ4v) is 2.55. The second-order valence-corrected chi connectivity index (χ2v) is 4.99. The zero-order valence-corrected chi connectivity index (χ0v) is 9.78. The molecule has 0 spiro atoms. The topological polar surface area (TPSA) is 61.2 Å². The Balaban J connectivity index is 1.73. The van der Waals surface area contributed by atoms with Crippen molar-refractivity contribution in [1.82, 2.24) is 0 Å². The molecule has 2 heterocycles. The van der Waals surface area contributed by atoms with E-state index in [0.29, 0.717) is 6.42 Å². The Morgan fingerprint density at radius 1 is 1.31 bits per heavy atom. The third-order valence-corrected chi connectivity index (χ3v) is 3.65. The molecule has 0 aromatic carbocycles. The lowest BCUT2D eigenvalue weighted by Gasteiger charge is -2.28. The van der Waals surface area contributed by atoms with E-state index in [1.54, 1.807) is 9.80 Å². The number of rotatable bonds is 3. The van der Waals surface area contributed by atoms with E-state index in [1.165, 1.54) is 13.1 Å². The van der Waals surface area contributed by atoms with Gasteiger partial charge in [-0.25, -0.2) is 0 Å². The molecule has 0 aromatic heterocycles. The first-order valence-electron chi connectivity index (χ1n) is 6.09. The number of hydrogen-bond acceptors (Lipinski definition) is 3. The highest BCUT2D eigenvalue weighted by atomic mass is 16.7. The maximum absolute atomic E-state index is 10.6. The number of nitrogens with zero attached hydrogens (tertiary/aromatic N) is 1. The molecule has 2 saturated heterocycles. The van der Waals surface area contributed by atoms with E-state index in [0.717, 1.165) is 26.1 Å². The van der Waals surface area contributed by atoms with Gasteiger partial charge in [0.2, 0.25) is 0 Å². The third kappa shape index (κ3) is 2.90. The van der Waals surface area contributed by atoms with Crippen LogP contribution in [-0.4, -0.2) is 57.0 Å². The molecule has 0 saturated carbocycles. The minimum absolute atomic E-state index is 0.101. The maximum Gasteiger partial charge on any atom is 0.315 e. The molecule has 2 N–H and O–H groups in total.